The molecule has 0 unspecified atom stereocenters. The minimum atomic E-state index is -0.176. The van der Waals surface area contributed by atoms with E-state index in [4.69, 9.17) is 9.47 Å². The number of hydrogen-bond acceptors (Lipinski definition) is 5. The molecule has 1 amide bonds. The number of para-hydroxylation sites is 1. The lowest BCUT2D eigenvalue weighted by molar-refractivity contribution is -0.114. The number of hydrazone groups is 1. The van der Waals surface area contributed by atoms with Gasteiger partial charge in [-0.15, -0.1) is 0 Å². The summed E-state index contributed by atoms with van der Waals surface area (Å²) in [6.07, 6.45) is 1.81. The van der Waals surface area contributed by atoms with Crippen molar-refractivity contribution in [1.82, 2.24) is 0 Å². The van der Waals surface area contributed by atoms with E-state index in [1.54, 1.807) is 12.1 Å². The zero-order chi connectivity index (χ0) is 23.2. The number of carbonyl (C=O) groups excluding carboxylic acids is 1. The van der Waals surface area contributed by atoms with E-state index in [0.29, 0.717) is 35.0 Å². The third kappa shape index (κ3) is 4.78. The van der Waals surface area contributed by atoms with Gasteiger partial charge in [-0.1, -0.05) is 42.5 Å². The summed E-state index contributed by atoms with van der Waals surface area (Å²) in [6.45, 7) is 4.43. The average Bonchev–Trinajstić information content (AvgIpc) is 3.13. The first-order valence-electron chi connectivity index (χ1n) is 10.6. The standard InChI is InChI=1S/C27H23N3O3/c1-3-32-26-16-20(13-14-25(26)33-18-22-10-8-7-9-21(22)17-28)15-24-19(2)29-30(27(24)31)23-11-5-4-6-12-23/h4-16H,3,18H2,1-2H3. The van der Waals surface area contributed by atoms with Crippen molar-refractivity contribution in [3.05, 3.63) is 95.1 Å². The van der Waals surface area contributed by atoms with Crippen LogP contribution >= 0.6 is 0 Å². The molecule has 0 radical (unpaired) electrons. The van der Waals surface area contributed by atoms with Gasteiger partial charge >= 0.3 is 0 Å². The zero-order valence-corrected chi connectivity index (χ0v) is 18.5. The first-order valence-corrected chi connectivity index (χ1v) is 10.6. The molecule has 0 bridgehead atoms. The maximum absolute atomic E-state index is 13.0. The van der Waals surface area contributed by atoms with Crippen LogP contribution < -0.4 is 14.5 Å². The molecule has 33 heavy (non-hydrogen) atoms. The highest BCUT2D eigenvalue weighted by Gasteiger charge is 2.28. The third-order valence-corrected chi connectivity index (χ3v) is 5.16. The van der Waals surface area contributed by atoms with Crippen molar-refractivity contribution in [2.24, 2.45) is 5.10 Å². The van der Waals surface area contributed by atoms with Gasteiger partial charge in [-0.05, 0) is 55.8 Å². The molecule has 6 nitrogen and oxygen atoms in total. The molecule has 0 fully saturated rings. The topological polar surface area (TPSA) is 74.9 Å². The number of ether oxygens (including phenoxy) is 2. The SMILES string of the molecule is CCOc1cc(C=C2C(=O)N(c3ccccc3)N=C2C)ccc1OCc1ccccc1C#N. The fraction of sp³-hybridized carbons (Fsp3) is 0.148. The second-order valence-corrected chi connectivity index (χ2v) is 7.39. The van der Waals surface area contributed by atoms with Crippen molar-refractivity contribution in [2.45, 2.75) is 20.5 Å². The molecular weight excluding hydrogens is 414 g/mol. The van der Waals surface area contributed by atoms with Crippen molar-refractivity contribution in [2.75, 3.05) is 11.6 Å². The quantitative estimate of drug-likeness (QED) is 0.468. The van der Waals surface area contributed by atoms with Crippen molar-refractivity contribution >= 4 is 23.4 Å². The lowest BCUT2D eigenvalue weighted by Crippen LogP contribution is -2.21. The Balaban J connectivity index is 1.57. The van der Waals surface area contributed by atoms with Crippen LogP contribution in [0.5, 0.6) is 11.5 Å². The van der Waals surface area contributed by atoms with Crippen LogP contribution in [-0.4, -0.2) is 18.2 Å². The van der Waals surface area contributed by atoms with Gasteiger partial charge in [0.15, 0.2) is 11.5 Å². The molecule has 3 aromatic rings. The number of amides is 1. The van der Waals surface area contributed by atoms with Crippen LogP contribution in [0.15, 0.2) is 83.5 Å². The molecule has 0 aliphatic carbocycles. The molecule has 0 aromatic heterocycles. The summed E-state index contributed by atoms with van der Waals surface area (Å²) in [4.78, 5) is 13.0. The molecule has 0 saturated heterocycles. The molecule has 4 rings (SSSR count). The van der Waals surface area contributed by atoms with Gasteiger partial charge in [0.2, 0.25) is 0 Å². The van der Waals surface area contributed by atoms with Crippen LogP contribution in [0.25, 0.3) is 6.08 Å². The van der Waals surface area contributed by atoms with Gasteiger partial charge in [-0.3, -0.25) is 4.79 Å². The molecule has 0 spiro atoms. The second kappa shape index (κ2) is 9.84. The fourth-order valence-corrected chi connectivity index (χ4v) is 3.51. The van der Waals surface area contributed by atoms with E-state index in [0.717, 1.165) is 16.8 Å². The maximum atomic E-state index is 13.0. The van der Waals surface area contributed by atoms with E-state index >= 15 is 0 Å². The minimum Gasteiger partial charge on any atom is -0.490 e. The summed E-state index contributed by atoms with van der Waals surface area (Å²) < 4.78 is 11.8. The van der Waals surface area contributed by atoms with Gasteiger partial charge < -0.3 is 9.47 Å². The number of hydrogen-bond donors (Lipinski definition) is 0. The van der Waals surface area contributed by atoms with Crippen LogP contribution in [0.1, 0.15) is 30.5 Å². The minimum absolute atomic E-state index is 0.176. The summed E-state index contributed by atoms with van der Waals surface area (Å²) in [5.41, 5.74) is 4.08. The molecule has 0 saturated carbocycles. The Kier molecular flexibility index (Phi) is 6.51. The van der Waals surface area contributed by atoms with Crippen LogP contribution in [0.4, 0.5) is 5.69 Å². The van der Waals surface area contributed by atoms with Gasteiger partial charge in [0.05, 0.1) is 35.2 Å². The van der Waals surface area contributed by atoms with Crippen molar-refractivity contribution in [3.8, 4) is 17.6 Å². The molecule has 1 aliphatic heterocycles. The van der Waals surface area contributed by atoms with Crippen LogP contribution in [-0.2, 0) is 11.4 Å². The maximum Gasteiger partial charge on any atom is 0.280 e. The highest BCUT2D eigenvalue weighted by Crippen LogP contribution is 2.31. The summed E-state index contributed by atoms with van der Waals surface area (Å²) in [6, 6.07) is 24.4. The summed E-state index contributed by atoms with van der Waals surface area (Å²) in [5, 5.41) is 15.1. The van der Waals surface area contributed by atoms with Crippen LogP contribution in [0, 0.1) is 11.3 Å². The number of rotatable bonds is 7. The zero-order valence-electron chi connectivity index (χ0n) is 18.5. The third-order valence-electron chi connectivity index (χ3n) is 5.16. The Morgan fingerprint density at radius 3 is 2.52 bits per heavy atom. The smallest absolute Gasteiger partial charge is 0.280 e. The molecular formula is C27H23N3O3. The highest BCUT2D eigenvalue weighted by atomic mass is 16.5. The molecule has 0 N–H and O–H groups in total. The Hall–Kier alpha value is -4.37. The van der Waals surface area contributed by atoms with E-state index in [2.05, 4.69) is 11.2 Å². The van der Waals surface area contributed by atoms with Gasteiger partial charge in [0.25, 0.3) is 5.91 Å². The summed E-state index contributed by atoms with van der Waals surface area (Å²) in [5.74, 6) is 0.965. The highest BCUT2D eigenvalue weighted by molar-refractivity contribution is 6.32. The molecule has 1 aliphatic rings. The van der Waals surface area contributed by atoms with E-state index in [1.165, 1.54) is 5.01 Å². The van der Waals surface area contributed by atoms with E-state index in [-0.39, 0.29) is 12.5 Å². The van der Waals surface area contributed by atoms with Gasteiger partial charge in [-0.2, -0.15) is 15.4 Å². The predicted octanol–water partition coefficient (Wildman–Crippen LogP) is 5.34. The number of nitriles is 1. The van der Waals surface area contributed by atoms with Crippen LogP contribution in [0.3, 0.4) is 0 Å². The van der Waals surface area contributed by atoms with E-state index in [9.17, 15) is 10.1 Å². The van der Waals surface area contributed by atoms with Crippen molar-refractivity contribution in [3.63, 3.8) is 0 Å². The van der Waals surface area contributed by atoms with Crippen molar-refractivity contribution < 1.29 is 14.3 Å². The first-order chi connectivity index (χ1) is 16.1. The average molecular weight is 437 g/mol. The molecule has 0 atom stereocenters. The lowest BCUT2D eigenvalue weighted by Gasteiger charge is -2.14. The number of nitrogens with zero attached hydrogens (tertiary/aromatic N) is 3. The molecule has 3 aromatic carbocycles. The van der Waals surface area contributed by atoms with Gasteiger partial charge in [0.1, 0.15) is 6.61 Å². The Morgan fingerprint density at radius 2 is 1.76 bits per heavy atom. The van der Waals surface area contributed by atoms with E-state index < -0.39 is 0 Å². The van der Waals surface area contributed by atoms with Crippen molar-refractivity contribution in [1.29, 1.82) is 5.26 Å². The first kappa shape index (κ1) is 21.8. The molecule has 6 heteroatoms. The fourth-order valence-electron chi connectivity index (χ4n) is 3.51. The largest absolute Gasteiger partial charge is 0.490 e. The molecule has 1 heterocycles. The Bertz CT molecular complexity index is 1270. The Labute approximate surface area is 193 Å². The predicted molar refractivity (Wildman–Crippen MR) is 128 cm³/mol. The van der Waals surface area contributed by atoms with E-state index in [1.807, 2.05) is 80.6 Å². The van der Waals surface area contributed by atoms with Crippen LogP contribution in [0.2, 0.25) is 0 Å². The Morgan fingerprint density at radius 1 is 1.00 bits per heavy atom. The summed E-state index contributed by atoms with van der Waals surface area (Å²) in [7, 11) is 0. The number of benzene rings is 3. The number of anilines is 1. The lowest BCUT2D eigenvalue weighted by atomic mass is 10.1. The molecule has 164 valence electrons. The van der Waals surface area contributed by atoms with Gasteiger partial charge in [0, 0.05) is 5.56 Å². The normalized spacial score (nSPS) is 14.2. The monoisotopic (exact) mass is 437 g/mol. The summed E-state index contributed by atoms with van der Waals surface area (Å²) >= 11 is 0. The number of carbonyl (C=O) groups is 1. The second-order valence-electron chi connectivity index (χ2n) is 7.39. The van der Waals surface area contributed by atoms with Gasteiger partial charge in [-0.25, -0.2) is 0 Å².